The summed E-state index contributed by atoms with van der Waals surface area (Å²) in [6.07, 6.45) is 13.2. The third-order valence-electron chi connectivity index (χ3n) is 4.37. The first-order valence-corrected chi connectivity index (χ1v) is 7.29. The Kier molecular flexibility index (Phi) is 6.36. The lowest BCUT2D eigenvalue weighted by atomic mass is 9.70. The summed E-state index contributed by atoms with van der Waals surface area (Å²) >= 11 is 0. The highest BCUT2D eigenvalue weighted by Gasteiger charge is 2.27. The Labute approximate surface area is 96.8 Å². The fourth-order valence-corrected chi connectivity index (χ4v) is 3.45. The lowest BCUT2D eigenvalue weighted by Gasteiger charge is -2.35. The zero-order chi connectivity index (χ0) is 11.1. The summed E-state index contributed by atoms with van der Waals surface area (Å²) in [6.45, 7) is 7.18. The molecule has 1 rings (SSSR count). The van der Waals surface area contributed by atoms with Gasteiger partial charge in [0.05, 0.1) is 0 Å². The molecule has 0 aromatic rings. The van der Waals surface area contributed by atoms with Gasteiger partial charge in [0.2, 0.25) is 0 Å². The Hall–Kier alpha value is 0. The second-order valence-electron chi connectivity index (χ2n) is 5.62. The van der Waals surface area contributed by atoms with Crippen molar-refractivity contribution in [2.24, 2.45) is 17.8 Å². The average Bonchev–Trinajstić information content (AvgIpc) is 2.25. The monoisotopic (exact) mass is 210 g/mol. The summed E-state index contributed by atoms with van der Waals surface area (Å²) in [5, 5.41) is 0. The fourth-order valence-electron chi connectivity index (χ4n) is 3.45. The van der Waals surface area contributed by atoms with E-state index in [1.165, 1.54) is 57.8 Å². The highest BCUT2D eigenvalue weighted by Crippen LogP contribution is 2.38. The van der Waals surface area contributed by atoms with E-state index in [0.717, 1.165) is 17.8 Å². The van der Waals surface area contributed by atoms with Crippen LogP contribution in [0.4, 0.5) is 0 Å². The quantitative estimate of drug-likeness (QED) is 0.549. The first-order chi connectivity index (χ1) is 7.29. The van der Waals surface area contributed by atoms with Gasteiger partial charge in [-0.1, -0.05) is 72.1 Å². The first kappa shape index (κ1) is 13.1. The predicted molar refractivity (Wildman–Crippen MR) is 69.0 cm³/mol. The third-order valence-corrected chi connectivity index (χ3v) is 4.37. The molecule has 1 saturated carbocycles. The van der Waals surface area contributed by atoms with Crippen LogP contribution in [0.2, 0.25) is 0 Å². The molecule has 0 nitrogen and oxygen atoms in total. The van der Waals surface area contributed by atoms with Gasteiger partial charge in [-0.3, -0.25) is 0 Å². The number of hydrogen-bond donors (Lipinski definition) is 0. The molecule has 15 heavy (non-hydrogen) atoms. The van der Waals surface area contributed by atoms with E-state index in [0.29, 0.717) is 0 Å². The molecule has 0 aromatic carbocycles. The molecule has 0 heterocycles. The molecule has 1 fully saturated rings. The maximum atomic E-state index is 2.50. The van der Waals surface area contributed by atoms with Crippen LogP contribution >= 0.6 is 0 Å². The molecule has 0 amide bonds. The van der Waals surface area contributed by atoms with E-state index in [2.05, 4.69) is 20.8 Å². The van der Waals surface area contributed by atoms with Crippen LogP contribution in [-0.4, -0.2) is 0 Å². The lowest BCUT2D eigenvalue weighted by molar-refractivity contribution is 0.155. The van der Waals surface area contributed by atoms with Crippen LogP contribution in [0.25, 0.3) is 0 Å². The zero-order valence-corrected chi connectivity index (χ0v) is 11.1. The third kappa shape index (κ3) is 4.17. The molecule has 0 saturated heterocycles. The molecule has 0 aliphatic heterocycles. The van der Waals surface area contributed by atoms with Gasteiger partial charge in [0.1, 0.15) is 0 Å². The van der Waals surface area contributed by atoms with Crippen LogP contribution in [0.1, 0.15) is 78.6 Å². The van der Waals surface area contributed by atoms with Gasteiger partial charge >= 0.3 is 0 Å². The number of unbranched alkanes of at least 4 members (excludes halogenated alkanes) is 1. The van der Waals surface area contributed by atoms with Crippen molar-refractivity contribution in [3.05, 3.63) is 0 Å². The van der Waals surface area contributed by atoms with E-state index in [-0.39, 0.29) is 0 Å². The van der Waals surface area contributed by atoms with Crippen LogP contribution < -0.4 is 0 Å². The lowest BCUT2D eigenvalue weighted by Crippen LogP contribution is -2.25. The first-order valence-electron chi connectivity index (χ1n) is 7.29. The average molecular weight is 210 g/mol. The Morgan fingerprint density at radius 2 is 1.73 bits per heavy atom. The molecular formula is C15H30. The van der Waals surface area contributed by atoms with Gasteiger partial charge in [-0.05, 0) is 24.2 Å². The zero-order valence-electron chi connectivity index (χ0n) is 11.1. The van der Waals surface area contributed by atoms with Crippen LogP contribution in [-0.2, 0) is 0 Å². The maximum absolute atomic E-state index is 2.50. The van der Waals surface area contributed by atoms with Crippen molar-refractivity contribution in [3.63, 3.8) is 0 Å². The predicted octanol–water partition coefficient (Wildman–Crippen LogP) is 5.42. The smallest absolute Gasteiger partial charge is 0.0360 e. The van der Waals surface area contributed by atoms with E-state index in [1.54, 1.807) is 0 Å². The second kappa shape index (κ2) is 7.30. The van der Waals surface area contributed by atoms with Gasteiger partial charge in [0, 0.05) is 0 Å². The van der Waals surface area contributed by atoms with Crippen LogP contribution in [0.3, 0.4) is 0 Å². The van der Waals surface area contributed by atoms with Crippen molar-refractivity contribution in [2.45, 2.75) is 78.6 Å². The highest BCUT2D eigenvalue weighted by molar-refractivity contribution is 4.78. The molecule has 3 atom stereocenters. The fraction of sp³-hybridized carbons (Fsp3) is 1.00. The Balaban J connectivity index is 2.44. The Morgan fingerprint density at radius 3 is 2.33 bits per heavy atom. The van der Waals surface area contributed by atoms with E-state index in [4.69, 9.17) is 0 Å². The van der Waals surface area contributed by atoms with Crippen LogP contribution in [0.5, 0.6) is 0 Å². The minimum absolute atomic E-state index is 1.01. The van der Waals surface area contributed by atoms with Crippen LogP contribution in [0.15, 0.2) is 0 Å². The largest absolute Gasteiger partial charge is 0.0654 e. The van der Waals surface area contributed by atoms with Crippen molar-refractivity contribution in [2.75, 3.05) is 0 Å². The molecule has 0 N–H and O–H groups in total. The molecule has 3 unspecified atom stereocenters. The van der Waals surface area contributed by atoms with E-state index >= 15 is 0 Å². The van der Waals surface area contributed by atoms with Crippen molar-refractivity contribution in [1.82, 2.24) is 0 Å². The molecule has 1 aliphatic rings. The van der Waals surface area contributed by atoms with Crippen molar-refractivity contribution >= 4 is 0 Å². The Bertz CT molecular complexity index is 150. The normalized spacial score (nSPS) is 29.0. The van der Waals surface area contributed by atoms with Gasteiger partial charge in [0.15, 0.2) is 0 Å². The SMILES string of the molecule is CCCCC(CCC)C1CCCCC1C. The molecule has 0 aromatic heterocycles. The number of hydrogen-bond acceptors (Lipinski definition) is 0. The Morgan fingerprint density at radius 1 is 1.00 bits per heavy atom. The van der Waals surface area contributed by atoms with Gasteiger partial charge < -0.3 is 0 Å². The van der Waals surface area contributed by atoms with Crippen molar-refractivity contribution < 1.29 is 0 Å². The molecule has 0 radical (unpaired) electrons. The van der Waals surface area contributed by atoms with Gasteiger partial charge in [-0.2, -0.15) is 0 Å². The minimum atomic E-state index is 1.01. The molecule has 0 bridgehead atoms. The summed E-state index contributed by atoms with van der Waals surface area (Å²) in [5.74, 6) is 3.11. The summed E-state index contributed by atoms with van der Waals surface area (Å²) in [6, 6.07) is 0. The molecule has 90 valence electrons. The molecule has 0 spiro atoms. The van der Waals surface area contributed by atoms with Gasteiger partial charge in [-0.25, -0.2) is 0 Å². The molecule has 0 heteroatoms. The van der Waals surface area contributed by atoms with Crippen molar-refractivity contribution in [3.8, 4) is 0 Å². The van der Waals surface area contributed by atoms with Gasteiger partial charge in [0.25, 0.3) is 0 Å². The van der Waals surface area contributed by atoms with E-state index in [1.807, 2.05) is 0 Å². The molecule has 1 aliphatic carbocycles. The maximum Gasteiger partial charge on any atom is -0.0360 e. The summed E-state index contributed by atoms with van der Waals surface area (Å²) in [7, 11) is 0. The minimum Gasteiger partial charge on any atom is -0.0654 e. The summed E-state index contributed by atoms with van der Waals surface area (Å²) in [4.78, 5) is 0. The number of rotatable bonds is 6. The molecular weight excluding hydrogens is 180 g/mol. The standard InChI is InChI=1S/C15H30/c1-4-6-11-14(9-5-2)15-12-8-7-10-13(15)3/h13-15H,4-12H2,1-3H3. The topological polar surface area (TPSA) is 0 Å². The summed E-state index contributed by atoms with van der Waals surface area (Å²) in [5.41, 5.74) is 0. The summed E-state index contributed by atoms with van der Waals surface area (Å²) < 4.78 is 0. The second-order valence-corrected chi connectivity index (χ2v) is 5.62. The van der Waals surface area contributed by atoms with Crippen molar-refractivity contribution in [1.29, 1.82) is 0 Å². The van der Waals surface area contributed by atoms with E-state index in [9.17, 15) is 0 Å². The van der Waals surface area contributed by atoms with Crippen LogP contribution in [0, 0.1) is 17.8 Å². The van der Waals surface area contributed by atoms with E-state index < -0.39 is 0 Å². The van der Waals surface area contributed by atoms with Gasteiger partial charge in [-0.15, -0.1) is 0 Å². The highest BCUT2D eigenvalue weighted by atomic mass is 14.3.